The van der Waals surface area contributed by atoms with E-state index in [-0.39, 0.29) is 5.82 Å². The van der Waals surface area contributed by atoms with Gasteiger partial charge >= 0.3 is 0 Å². The van der Waals surface area contributed by atoms with Crippen LogP contribution in [0.2, 0.25) is 0 Å². The molecule has 0 unspecified atom stereocenters. The molecule has 2 rings (SSSR count). The first-order chi connectivity index (χ1) is 9.02. The maximum absolute atomic E-state index is 13.4. The molecule has 0 amide bonds. The van der Waals surface area contributed by atoms with Gasteiger partial charge in [-0.1, -0.05) is 13.8 Å². The van der Waals surface area contributed by atoms with Gasteiger partial charge in [0.1, 0.15) is 5.82 Å². The zero-order valence-corrected chi connectivity index (χ0v) is 12.8. The molecule has 1 N–H and O–H groups in total. The number of anilines is 1. The Bertz CT molecular complexity index is 434. The lowest BCUT2D eigenvalue weighted by Crippen LogP contribution is -2.28. The lowest BCUT2D eigenvalue weighted by atomic mass is 10.1. The smallest absolute Gasteiger partial charge is 0.123 e. The fraction of sp³-hybridized carbons (Fsp3) is 0.600. The van der Waals surface area contributed by atoms with Gasteiger partial charge in [0.25, 0.3) is 0 Å². The quantitative estimate of drug-likeness (QED) is 0.916. The van der Waals surface area contributed by atoms with Crippen LogP contribution in [0.3, 0.4) is 0 Å². The average molecular weight is 282 g/mol. The number of hydrogen-bond acceptors (Lipinski definition) is 3. The van der Waals surface area contributed by atoms with Gasteiger partial charge in [-0.25, -0.2) is 4.39 Å². The maximum Gasteiger partial charge on any atom is 0.123 e. The van der Waals surface area contributed by atoms with E-state index in [9.17, 15) is 4.39 Å². The van der Waals surface area contributed by atoms with Crippen molar-refractivity contribution in [2.24, 2.45) is 0 Å². The van der Waals surface area contributed by atoms with Crippen molar-refractivity contribution in [2.45, 2.75) is 31.6 Å². The Labute approximate surface area is 119 Å². The lowest BCUT2D eigenvalue weighted by Gasteiger charge is -2.26. The van der Waals surface area contributed by atoms with Crippen LogP contribution in [0.1, 0.15) is 25.8 Å². The average Bonchev–Trinajstić information content (AvgIpc) is 2.51. The van der Waals surface area contributed by atoms with E-state index >= 15 is 0 Å². The van der Waals surface area contributed by atoms with Gasteiger partial charge in [0, 0.05) is 35.8 Å². The van der Waals surface area contributed by atoms with E-state index in [2.05, 4.69) is 24.1 Å². The summed E-state index contributed by atoms with van der Waals surface area (Å²) in [6, 6.07) is 5.14. The molecule has 1 aromatic carbocycles. The molecule has 106 valence electrons. The van der Waals surface area contributed by atoms with Gasteiger partial charge in [-0.3, -0.25) is 0 Å². The Morgan fingerprint density at radius 1 is 1.37 bits per heavy atom. The van der Waals surface area contributed by atoms with Crippen LogP contribution in [0.25, 0.3) is 0 Å². The van der Waals surface area contributed by atoms with E-state index in [1.165, 1.54) is 5.69 Å². The molecular formula is C15H23FN2S. The molecule has 19 heavy (non-hydrogen) atoms. The Hall–Kier alpha value is -0.740. The number of nitrogens with zero attached hydrogens (tertiary/aromatic N) is 1. The van der Waals surface area contributed by atoms with Crippen molar-refractivity contribution >= 4 is 17.4 Å². The number of nitrogens with one attached hydrogen (secondary N) is 1. The van der Waals surface area contributed by atoms with E-state index in [1.54, 1.807) is 12.1 Å². The van der Waals surface area contributed by atoms with Crippen LogP contribution in [-0.4, -0.2) is 30.6 Å². The van der Waals surface area contributed by atoms with Crippen molar-refractivity contribution < 1.29 is 4.39 Å². The summed E-state index contributed by atoms with van der Waals surface area (Å²) in [7, 11) is 1.90. The minimum absolute atomic E-state index is 0.154. The van der Waals surface area contributed by atoms with Gasteiger partial charge in [-0.2, -0.15) is 11.8 Å². The predicted octanol–water partition coefficient (Wildman–Crippen LogP) is 3.27. The van der Waals surface area contributed by atoms with Gasteiger partial charge in [0.2, 0.25) is 0 Å². The topological polar surface area (TPSA) is 15.3 Å². The molecule has 0 atom stereocenters. The second kappa shape index (κ2) is 6.14. The van der Waals surface area contributed by atoms with Gasteiger partial charge in [-0.05, 0) is 37.2 Å². The number of hydrogen-bond donors (Lipinski definition) is 1. The molecule has 1 aromatic rings. The molecule has 0 aliphatic carbocycles. The summed E-state index contributed by atoms with van der Waals surface area (Å²) >= 11 is 2.03. The van der Waals surface area contributed by atoms with Crippen molar-refractivity contribution in [1.82, 2.24) is 5.32 Å². The summed E-state index contributed by atoms with van der Waals surface area (Å²) in [5, 5.41) is 3.12. The molecule has 0 aromatic heterocycles. The lowest BCUT2D eigenvalue weighted by molar-refractivity contribution is 0.619. The van der Waals surface area contributed by atoms with Crippen LogP contribution < -0.4 is 10.2 Å². The standard InChI is InChI=1S/C15H23FN2S/c1-15(2)6-7-18(8-9-19-15)14-5-4-13(16)10-12(14)11-17-3/h4-5,10,17H,6-9,11H2,1-3H3. The van der Waals surface area contributed by atoms with Crippen LogP contribution >= 0.6 is 11.8 Å². The molecule has 1 aliphatic heterocycles. The van der Waals surface area contributed by atoms with Crippen molar-refractivity contribution in [2.75, 3.05) is 30.8 Å². The van der Waals surface area contributed by atoms with E-state index in [4.69, 9.17) is 0 Å². The number of rotatable bonds is 3. The molecule has 1 saturated heterocycles. The molecule has 0 radical (unpaired) electrons. The molecule has 0 bridgehead atoms. The molecule has 1 fully saturated rings. The summed E-state index contributed by atoms with van der Waals surface area (Å²) in [6.45, 7) is 7.40. The molecule has 0 saturated carbocycles. The second-order valence-corrected chi connectivity index (χ2v) is 7.45. The van der Waals surface area contributed by atoms with E-state index in [0.717, 1.165) is 30.8 Å². The number of thioether (sulfide) groups is 1. The van der Waals surface area contributed by atoms with Crippen molar-refractivity contribution in [3.05, 3.63) is 29.6 Å². The summed E-state index contributed by atoms with van der Waals surface area (Å²) in [5.41, 5.74) is 2.22. The van der Waals surface area contributed by atoms with Crippen LogP contribution in [0.5, 0.6) is 0 Å². The SMILES string of the molecule is CNCc1cc(F)ccc1N1CCSC(C)(C)CC1. The minimum atomic E-state index is -0.154. The summed E-state index contributed by atoms with van der Waals surface area (Å²) in [4.78, 5) is 2.40. The van der Waals surface area contributed by atoms with Crippen LogP contribution in [0, 0.1) is 5.82 Å². The minimum Gasteiger partial charge on any atom is -0.370 e. The third-order valence-electron chi connectivity index (χ3n) is 3.59. The molecule has 4 heteroatoms. The Morgan fingerprint density at radius 3 is 2.89 bits per heavy atom. The Kier molecular flexibility index (Phi) is 4.74. The van der Waals surface area contributed by atoms with Crippen LogP contribution in [-0.2, 0) is 6.54 Å². The van der Waals surface area contributed by atoms with Crippen molar-refractivity contribution in [3.8, 4) is 0 Å². The zero-order chi connectivity index (χ0) is 13.9. The van der Waals surface area contributed by atoms with Crippen LogP contribution in [0.15, 0.2) is 18.2 Å². The fourth-order valence-corrected chi connectivity index (χ4v) is 3.56. The highest BCUT2D eigenvalue weighted by atomic mass is 32.2. The molecule has 1 aliphatic rings. The zero-order valence-electron chi connectivity index (χ0n) is 12.0. The van der Waals surface area contributed by atoms with Gasteiger partial charge < -0.3 is 10.2 Å². The third-order valence-corrected chi connectivity index (χ3v) is 4.96. The first kappa shape index (κ1) is 14.7. The van der Waals surface area contributed by atoms with Gasteiger partial charge in [0.05, 0.1) is 0 Å². The number of benzene rings is 1. The molecule has 0 spiro atoms. The highest BCUT2D eigenvalue weighted by Gasteiger charge is 2.24. The molecular weight excluding hydrogens is 259 g/mol. The number of halogens is 1. The van der Waals surface area contributed by atoms with Gasteiger partial charge in [0.15, 0.2) is 0 Å². The highest BCUT2D eigenvalue weighted by molar-refractivity contribution is 8.00. The van der Waals surface area contributed by atoms with Crippen molar-refractivity contribution in [1.29, 1.82) is 0 Å². The Balaban J connectivity index is 2.21. The molecule has 2 nitrogen and oxygen atoms in total. The first-order valence-corrected chi connectivity index (χ1v) is 7.82. The molecule has 1 heterocycles. The normalized spacial score (nSPS) is 19.3. The maximum atomic E-state index is 13.4. The summed E-state index contributed by atoms with van der Waals surface area (Å²) in [6.07, 6.45) is 1.16. The largest absolute Gasteiger partial charge is 0.370 e. The van der Waals surface area contributed by atoms with Gasteiger partial charge in [-0.15, -0.1) is 0 Å². The van der Waals surface area contributed by atoms with Crippen molar-refractivity contribution in [3.63, 3.8) is 0 Å². The monoisotopic (exact) mass is 282 g/mol. The highest BCUT2D eigenvalue weighted by Crippen LogP contribution is 2.33. The summed E-state index contributed by atoms with van der Waals surface area (Å²) in [5.74, 6) is 0.974. The van der Waals surface area contributed by atoms with Crippen LogP contribution in [0.4, 0.5) is 10.1 Å². The Morgan fingerprint density at radius 2 is 2.16 bits per heavy atom. The van der Waals surface area contributed by atoms with E-state index in [1.807, 2.05) is 24.9 Å². The fourth-order valence-electron chi connectivity index (χ4n) is 2.46. The predicted molar refractivity (Wildman–Crippen MR) is 82.5 cm³/mol. The third kappa shape index (κ3) is 3.86. The summed E-state index contributed by atoms with van der Waals surface area (Å²) < 4.78 is 13.7. The van der Waals surface area contributed by atoms with E-state index in [0.29, 0.717) is 11.3 Å². The first-order valence-electron chi connectivity index (χ1n) is 6.84. The second-order valence-electron chi connectivity index (χ2n) is 5.65. The van der Waals surface area contributed by atoms with E-state index < -0.39 is 0 Å².